The van der Waals surface area contributed by atoms with Gasteiger partial charge in [-0.05, 0) is 25.1 Å². The predicted octanol–water partition coefficient (Wildman–Crippen LogP) is 1.10. The average Bonchev–Trinajstić information content (AvgIpc) is 2.32. The first kappa shape index (κ1) is 14.3. The highest BCUT2D eigenvalue weighted by atomic mass is 35.5. The van der Waals surface area contributed by atoms with Crippen molar-refractivity contribution < 1.29 is 15.0 Å². The largest absolute Gasteiger partial charge is 0.394 e. The van der Waals surface area contributed by atoms with E-state index >= 15 is 0 Å². The fraction of sp³-hybridized carbons (Fsp3) is 0.364. The number of thiol groups is 1. The first-order valence-electron chi connectivity index (χ1n) is 4.94. The van der Waals surface area contributed by atoms with E-state index in [9.17, 15) is 4.79 Å². The Morgan fingerprint density at radius 2 is 2.06 bits per heavy atom. The Balaban J connectivity index is 2.94. The van der Waals surface area contributed by atoms with Crippen LogP contribution in [0.15, 0.2) is 23.1 Å². The van der Waals surface area contributed by atoms with Gasteiger partial charge in [-0.3, -0.25) is 4.79 Å². The molecule has 1 aromatic carbocycles. The van der Waals surface area contributed by atoms with E-state index in [1.807, 2.05) is 0 Å². The van der Waals surface area contributed by atoms with Crippen LogP contribution < -0.4 is 5.32 Å². The summed E-state index contributed by atoms with van der Waals surface area (Å²) < 4.78 is 0. The summed E-state index contributed by atoms with van der Waals surface area (Å²) in [5, 5.41) is 21.0. The number of benzene rings is 1. The average molecular weight is 276 g/mol. The Bertz CT molecular complexity index is 421. The quantitative estimate of drug-likeness (QED) is 0.622. The van der Waals surface area contributed by atoms with Crippen molar-refractivity contribution >= 4 is 30.1 Å². The van der Waals surface area contributed by atoms with E-state index in [2.05, 4.69) is 17.9 Å². The van der Waals surface area contributed by atoms with Crippen LogP contribution in [0, 0.1) is 0 Å². The van der Waals surface area contributed by atoms with E-state index in [4.69, 9.17) is 21.8 Å². The topological polar surface area (TPSA) is 69.6 Å². The number of aliphatic hydroxyl groups excluding tert-OH is 2. The Labute approximate surface area is 110 Å². The van der Waals surface area contributed by atoms with Crippen molar-refractivity contribution in [2.45, 2.75) is 17.4 Å². The van der Waals surface area contributed by atoms with Crippen LogP contribution in [0.2, 0.25) is 5.02 Å². The number of carbonyl (C=O) groups is 1. The molecule has 0 saturated carbocycles. The normalized spacial score (nSPS) is 11.4. The van der Waals surface area contributed by atoms with Crippen molar-refractivity contribution in [1.29, 1.82) is 0 Å². The lowest BCUT2D eigenvalue weighted by molar-refractivity contribution is 0.0724. The Hall–Kier alpha value is -0.750. The molecule has 0 radical (unpaired) electrons. The fourth-order valence-corrected chi connectivity index (χ4v) is 1.56. The second-order valence-corrected chi connectivity index (χ2v) is 4.92. The third-order valence-corrected chi connectivity index (χ3v) is 2.92. The molecule has 94 valence electrons. The molecule has 0 fully saturated rings. The molecular formula is C11H14ClNO3S. The standard InChI is InChI=1S/C11H14ClNO3S/c1-11(5-14,6-15)13-10(16)8-4-7(17)2-3-9(8)12/h2-4,14-15,17H,5-6H2,1H3,(H,13,16). The van der Waals surface area contributed by atoms with Crippen molar-refractivity contribution in [3.63, 3.8) is 0 Å². The lowest BCUT2D eigenvalue weighted by Gasteiger charge is -2.26. The van der Waals surface area contributed by atoms with E-state index in [0.29, 0.717) is 9.92 Å². The summed E-state index contributed by atoms with van der Waals surface area (Å²) in [6, 6.07) is 4.75. The summed E-state index contributed by atoms with van der Waals surface area (Å²) in [4.78, 5) is 12.5. The molecule has 3 N–H and O–H groups in total. The minimum absolute atomic E-state index is 0.257. The van der Waals surface area contributed by atoms with Gasteiger partial charge in [0.2, 0.25) is 0 Å². The molecule has 1 amide bonds. The lowest BCUT2D eigenvalue weighted by atomic mass is 10.0. The van der Waals surface area contributed by atoms with Crippen molar-refractivity contribution in [3.8, 4) is 0 Å². The second-order valence-electron chi connectivity index (χ2n) is 4.00. The molecule has 1 rings (SSSR count). The third kappa shape index (κ3) is 3.61. The van der Waals surface area contributed by atoms with Crippen LogP contribution in [0.5, 0.6) is 0 Å². The van der Waals surface area contributed by atoms with Gasteiger partial charge in [0.25, 0.3) is 5.91 Å². The zero-order valence-electron chi connectivity index (χ0n) is 9.27. The second kappa shape index (κ2) is 5.73. The van der Waals surface area contributed by atoms with Crippen LogP contribution in [-0.4, -0.2) is 34.9 Å². The minimum Gasteiger partial charge on any atom is -0.394 e. The maximum absolute atomic E-state index is 11.9. The molecule has 1 aromatic rings. The van der Waals surface area contributed by atoms with Gasteiger partial charge in [-0.25, -0.2) is 0 Å². The number of halogens is 1. The van der Waals surface area contributed by atoms with E-state index in [-0.39, 0.29) is 18.8 Å². The molecular weight excluding hydrogens is 262 g/mol. The molecule has 0 aromatic heterocycles. The molecule has 0 aliphatic heterocycles. The minimum atomic E-state index is -1.08. The van der Waals surface area contributed by atoms with E-state index in [1.54, 1.807) is 12.1 Å². The van der Waals surface area contributed by atoms with Crippen molar-refractivity contribution in [1.82, 2.24) is 5.32 Å². The molecule has 17 heavy (non-hydrogen) atoms. The maximum Gasteiger partial charge on any atom is 0.253 e. The van der Waals surface area contributed by atoms with Gasteiger partial charge in [-0.15, -0.1) is 12.6 Å². The van der Waals surface area contributed by atoms with E-state index < -0.39 is 11.4 Å². The SMILES string of the molecule is CC(CO)(CO)NC(=O)c1cc(S)ccc1Cl. The van der Waals surface area contributed by atoms with Gasteiger partial charge in [0, 0.05) is 4.90 Å². The van der Waals surface area contributed by atoms with E-state index in [0.717, 1.165) is 0 Å². The summed E-state index contributed by atoms with van der Waals surface area (Å²) in [6.45, 7) is 0.796. The number of carbonyl (C=O) groups excluding carboxylic acids is 1. The summed E-state index contributed by atoms with van der Waals surface area (Å²) >= 11 is 10.0. The van der Waals surface area contributed by atoms with Crippen molar-refractivity contribution in [2.24, 2.45) is 0 Å². The van der Waals surface area contributed by atoms with Crippen molar-refractivity contribution in [3.05, 3.63) is 28.8 Å². The molecule has 0 bridgehead atoms. The van der Waals surface area contributed by atoms with Gasteiger partial charge >= 0.3 is 0 Å². The predicted molar refractivity (Wildman–Crippen MR) is 68.7 cm³/mol. The molecule has 0 atom stereocenters. The first-order chi connectivity index (χ1) is 7.91. The number of amides is 1. The van der Waals surface area contributed by atoms with Gasteiger partial charge < -0.3 is 15.5 Å². The fourth-order valence-electron chi connectivity index (χ4n) is 1.16. The van der Waals surface area contributed by atoms with Gasteiger partial charge in [0.15, 0.2) is 0 Å². The Kier molecular flexibility index (Phi) is 4.82. The monoisotopic (exact) mass is 275 g/mol. The highest BCUT2D eigenvalue weighted by molar-refractivity contribution is 7.80. The Morgan fingerprint density at radius 3 is 2.59 bits per heavy atom. The lowest BCUT2D eigenvalue weighted by Crippen LogP contribution is -2.51. The summed E-state index contributed by atoms with van der Waals surface area (Å²) in [5.74, 6) is -0.462. The number of rotatable bonds is 4. The highest BCUT2D eigenvalue weighted by Gasteiger charge is 2.26. The number of hydrogen-bond acceptors (Lipinski definition) is 4. The van der Waals surface area contributed by atoms with Crippen LogP contribution in [0.3, 0.4) is 0 Å². The van der Waals surface area contributed by atoms with Crippen LogP contribution in [0.1, 0.15) is 17.3 Å². The number of nitrogens with one attached hydrogen (secondary N) is 1. The molecule has 0 unspecified atom stereocenters. The summed E-state index contributed by atoms with van der Waals surface area (Å²) in [7, 11) is 0. The van der Waals surface area contributed by atoms with Gasteiger partial charge in [0.1, 0.15) is 0 Å². The van der Waals surface area contributed by atoms with Crippen LogP contribution in [-0.2, 0) is 0 Å². The molecule has 4 nitrogen and oxygen atoms in total. The van der Waals surface area contributed by atoms with Crippen LogP contribution in [0.4, 0.5) is 0 Å². The Morgan fingerprint density at radius 1 is 1.47 bits per heavy atom. The van der Waals surface area contributed by atoms with Crippen LogP contribution in [0.25, 0.3) is 0 Å². The van der Waals surface area contributed by atoms with Gasteiger partial charge in [-0.2, -0.15) is 0 Å². The van der Waals surface area contributed by atoms with E-state index in [1.165, 1.54) is 13.0 Å². The zero-order chi connectivity index (χ0) is 13.1. The molecule has 0 saturated heterocycles. The maximum atomic E-state index is 11.9. The van der Waals surface area contributed by atoms with Gasteiger partial charge in [0.05, 0.1) is 29.3 Å². The summed E-state index contributed by atoms with van der Waals surface area (Å²) in [5.41, 5.74) is -0.820. The first-order valence-corrected chi connectivity index (χ1v) is 5.77. The molecule has 0 aliphatic rings. The smallest absolute Gasteiger partial charge is 0.253 e. The third-order valence-electron chi connectivity index (χ3n) is 2.31. The van der Waals surface area contributed by atoms with Crippen molar-refractivity contribution in [2.75, 3.05) is 13.2 Å². The molecule has 0 heterocycles. The zero-order valence-corrected chi connectivity index (χ0v) is 10.9. The number of hydrogen-bond donors (Lipinski definition) is 4. The summed E-state index contributed by atoms with van der Waals surface area (Å²) in [6.07, 6.45) is 0. The number of aliphatic hydroxyl groups is 2. The highest BCUT2D eigenvalue weighted by Crippen LogP contribution is 2.20. The van der Waals surface area contributed by atoms with Gasteiger partial charge in [-0.1, -0.05) is 11.6 Å². The molecule has 6 heteroatoms. The molecule has 0 aliphatic carbocycles. The molecule has 0 spiro atoms. The van der Waals surface area contributed by atoms with Crippen LogP contribution >= 0.6 is 24.2 Å².